The molecule has 6 heteroatoms. The average molecular weight is 301 g/mol. The van der Waals surface area contributed by atoms with Crippen LogP contribution in [0, 0.1) is 0 Å². The van der Waals surface area contributed by atoms with Crippen LogP contribution in [0.5, 0.6) is 0 Å². The first-order valence-electron chi connectivity index (χ1n) is 6.94. The molecule has 0 atom stereocenters. The summed E-state index contributed by atoms with van der Waals surface area (Å²) in [4.78, 5) is 26.2. The maximum absolute atomic E-state index is 12.2. The van der Waals surface area contributed by atoms with Crippen LogP contribution in [0.3, 0.4) is 0 Å². The minimum atomic E-state index is -0.390. The first-order chi connectivity index (χ1) is 10.6. The van der Waals surface area contributed by atoms with Crippen LogP contribution in [-0.2, 0) is 0 Å². The van der Waals surface area contributed by atoms with E-state index in [2.05, 4.69) is 10.6 Å². The minimum Gasteiger partial charge on any atom is -0.459 e. The van der Waals surface area contributed by atoms with E-state index in [4.69, 9.17) is 4.42 Å². The van der Waals surface area contributed by atoms with Gasteiger partial charge in [0.25, 0.3) is 11.8 Å². The van der Waals surface area contributed by atoms with E-state index in [1.807, 2.05) is 19.0 Å². The van der Waals surface area contributed by atoms with Gasteiger partial charge in [-0.1, -0.05) is 12.1 Å². The Hall–Kier alpha value is -2.60. The molecule has 0 spiro atoms. The topological polar surface area (TPSA) is 74.6 Å². The van der Waals surface area contributed by atoms with Crippen molar-refractivity contribution in [3.63, 3.8) is 0 Å². The number of amides is 2. The Morgan fingerprint density at radius 2 is 1.86 bits per heavy atom. The van der Waals surface area contributed by atoms with Gasteiger partial charge in [0.15, 0.2) is 5.76 Å². The van der Waals surface area contributed by atoms with Gasteiger partial charge < -0.3 is 20.0 Å². The van der Waals surface area contributed by atoms with Crippen LogP contribution in [0.4, 0.5) is 5.69 Å². The lowest BCUT2D eigenvalue weighted by molar-refractivity contribution is 0.0952. The standard InChI is InChI=1S/C16H19N3O3/c1-19(2)10-9-17-15(20)12-6-3-4-7-13(12)18-16(21)14-8-5-11-22-14/h3-8,11H,9-10H2,1-2H3,(H,17,20)(H,18,21). The van der Waals surface area contributed by atoms with E-state index in [1.54, 1.807) is 36.4 Å². The van der Waals surface area contributed by atoms with Crippen molar-refractivity contribution < 1.29 is 14.0 Å². The molecule has 2 N–H and O–H groups in total. The molecule has 0 aliphatic heterocycles. The van der Waals surface area contributed by atoms with Crippen molar-refractivity contribution in [1.82, 2.24) is 10.2 Å². The molecule has 6 nitrogen and oxygen atoms in total. The summed E-state index contributed by atoms with van der Waals surface area (Å²) >= 11 is 0. The van der Waals surface area contributed by atoms with Gasteiger partial charge in [-0.2, -0.15) is 0 Å². The van der Waals surface area contributed by atoms with Crippen molar-refractivity contribution in [2.45, 2.75) is 0 Å². The SMILES string of the molecule is CN(C)CCNC(=O)c1ccccc1NC(=O)c1ccco1. The summed E-state index contributed by atoms with van der Waals surface area (Å²) in [5.41, 5.74) is 0.868. The normalized spacial score (nSPS) is 10.5. The van der Waals surface area contributed by atoms with E-state index >= 15 is 0 Å². The van der Waals surface area contributed by atoms with Gasteiger partial charge in [0, 0.05) is 13.1 Å². The fourth-order valence-electron chi connectivity index (χ4n) is 1.87. The predicted molar refractivity (Wildman–Crippen MR) is 84.0 cm³/mol. The highest BCUT2D eigenvalue weighted by Crippen LogP contribution is 2.16. The summed E-state index contributed by atoms with van der Waals surface area (Å²) in [6.07, 6.45) is 1.43. The molecule has 0 saturated carbocycles. The van der Waals surface area contributed by atoms with Crippen molar-refractivity contribution in [2.24, 2.45) is 0 Å². The number of carbonyl (C=O) groups excluding carboxylic acids is 2. The fourth-order valence-corrected chi connectivity index (χ4v) is 1.87. The van der Waals surface area contributed by atoms with Crippen molar-refractivity contribution >= 4 is 17.5 Å². The molecule has 1 aromatic carbocycles. The molecule has 116 valence electrons. The van der Waals surface area contributed by atoms with Gasteiger partial charge >= 0.3 is 0 Å². The van der Waals surface area contributed by atoms with Gasteiger partial charge in [-0.15, -0.1) is 0 Å². The fraction of sp³-hybridized carbons (Fsp3) is 0.250. The molecule has 1 aromatic heterocycles. The molecule has 1 heterocycles. The van der Waals surface area contributed by atoms with E-state index in [0.717, 1.165) is 6.54 Å². The molecule has 0 aliphatic rings. The highest BCUT2D eigenvalue weighted by molar-refractivity contribution is 6.07. The van der Waals surface area contributed by atoms with Crippen LogP contribution in [0.1, 0.15) is 20.9 Å². The molecule has 2 rings (SSSR count). The van der Waals surface area contributed by atoms with E-state index in [9.17, 15) is 9.59 Å². The molecule has 2 aromatic rings. The van der Waals surface area contributed by atoms with Gasteiger partial charge in [-0.05, 0) is 38.4 Å². The maximum atomic E-state index is 12.2. The van der Waals surface area contributed by atoms with Crippen LogP contribution in [0.25, 0.3) is 0 Å². The summed E-state index contributed by atoms with van der Waals surface area (Å²) in [5.74, 6) is -0.418. The zero-order valence-corrected chi connectivity index (χ0v) is 12.6. The van der Waals surface area contributed by atoms with E-state index in [0.29, 0.717) is 17.8 Å². The summed E-state index contributed by atoms with van der Waals surface area (Å²) in [6.45, 7) is 1.28. The maximum Gasteiger partial charge on any atom is 0.291 e. The van der Waals surface area contributed by atoms with Crippen molar-refractivity contribution in [3.8, 4) is 0 Å². The third kappa shape index (κ3) is 4.20. The van der Waals surface area contributed by atoms with E-state index in [1.165, 1.54) is 6.26 Å². The summed E-state index contributed by atoms with van der Waals surface area (Å²) in [5, 5.41) is 5.51. The zero-order chi connectivity index (χ0) is 15.9. The Morgan fingerprint density at radius 1 is 1.09 bits per heavy atom. The van der Waals surface area contributed by atoms with Gasteiger partial charge in [-0.3, -0.25) is 9.59 Å². The predicted octanol–water partition coefficient (Wildman–Crippen LogP) is 1.82. The molecular formula is C16H19N3O3. The lowest BCUT2D eigenvalue weighted by atomic mass is 10.1. The second-order valence-corrected chi connectivity index (χ2v) is 5.04. The number of carbonyl (C=O) groups is 2. The van der Waals surface area contributed by atoms with Crippen LogP contribution in [-0.4, -0.2) is 43.9 Å². The van der Waals surface area contributed by atoms with Crippen LogP contribution >= 0.6 is 0 Å². The molecule has 0 bridgehead atoms. The first kappa shape index (κ1) is 15.8. The molecule has 0 fully saturated rings. The van der Waals surface area contributed by atoms with Gasteiger partial charge in [0.05, 0.1) is 17.5 Å². The first-order valence-corrected chi connectivity index (χ1v) is 6.94. The molecule has 0 unspecified atom stereocenters. The largest absolute Gasteiger partial charge is 0.459 e. The van der Waals surface area contributed by atoms with E-state index < -0.39 is 5.91 Å². The third-order valence-corrected chi connectivity index (χ3v) is 3.01. The lowest BCUT2D eigenvalue weighted by Crippen LogP contribution is -2.32. The molecule has 0 radical (unpaired) electrons. The Labute approximate surface area is 129 Å². The lowest BCUT2D eigenvalue weighted by Gasteiger charge is -2.13. The van der Waals surface area contributed by atoms with Crippen LogP contribution in [0.15, 0.2) is 47.1 Å². The van der Waals surface area contributed by atoms with Crippen molar-refractivity contribution in [3.05, 3.63) is 54.0 Å². The minimum absolute atomic E-state index is 0.197. The number of nitrogens with one attached hydrogen (secondary N) is 2. The summed E-state index contributed by atoms with van der Waals surface area (Å²) in [6, 6.07) is 10.1. The van der Waals surface area contributed by atoms with Gasteiger partial charge in [0.2, 0.25) is 0 Å². The summed E-state index contributed by atoms with van der Waals surface area (Å²) < 4.78 is 5.04. The molecular weight excluding hydrogens is 282 g/mol. The Morgan fingerprint density at radius 3 is 2.55 bits per heavy atom. The quantitative estimate of drug-likeness (QED) is 0.853. The number of rotatable bonds is 6. The Balaban J connectivity index is 2.06. The van der Waals surface area contributed by atoms with E-state index in [-0.39, 0.29) is 11.7 Å². The number of furan rings is 1. The molecule has 2 amide bonds. The van der Waals surface area contributed by atoms with Crippen LogP contribution in [0.2, 0.25) is 0 Å². The van der Waals surface area contributed by atoms with Crippen LogP contribution < -0.4 is 10.6 Å². The van der Waals surface area contributed by atoms with Crippen molar-refractivity contribution in [2.75, 3.05) is 32.5 Å². The number of hydrogen-bond acceptors (Lipinski definition) is 4. The average Bonchev–Trinajstić information content (AvgIpc) is 3.01. The third-order valence-electron chi connectivity index (χ3n) is 3.01. The number of hydrogen-bond donors (Lipinski definition) is 2. The Kier molecular flexibility index (Phi) is 5.32. The monoisotopic (exact) mass is 301 g/mol. The molecule has 0 saturated heterocycles. The number of benzene rings is 1. The smallest absolute Gasteiger partial charge is 0.291 e. The zero-order valence-electron chi connectivity index (χ0n) is 12.6. The van der Waals surface area contributed by atoms with Gasteiger partial charge in [0.1, 0.15) is 0 Å². The van der Waals surface area contributed by atoms with Gasteiger partial charge in [-0.25, -0.2) is 0 Å². The van der Waals surface area contributed by atoms with Crippen molar-refractivity contribution in [1.29, 1.82) is 0 Å². The Bertz CT molecular complexity index is 636. The number of anilines is 1. The number of nitrogens with zero attached hydrogens (tertiary/aromatic N) is 1. The highest BCUT2D eigenvalue weighted by atomic mass is 16.3. The number of para-hydroxylation sites is 1. The number of likely N-dealkylation sites (N-methyl/N-ethyl adjacent to an activating group) is 1. The highest BCUT2D eigenvalue weighted by Gasteiger charge is 2.15. The summed E-state index contributed by atoms with van der Waals surface area (Å²) in [7, 11) is 3.87. The molecule has 0 aliphatic carbocycles. The second-order valence-electron chi connectivity index (χ2n) is 5.04. The molecule has 22 heavy (non-hydrogen) atoms. The second kappa shape index (κ2) is 7.42.